The SMILES string of the molecule is CCc1nc2n(n1)CC(Nc1ccnc3cc(Cl)ccc13)CC2. The van der Waals surface area contributed by atoms with Gasteiger partial charge in [-0.25, -0.2) is 9.67 Å². The summed E-state index contributed by atoms with van der Waals surface area (Å²) in [6.07, 6.45) is 4.71. The van der Waals surface area contributed by atoms with E-state index in [0.29, 0.717) is 11.1 Å². The molecule has 0 amide bonds. The average Bonchev–Trinajstić information content (AvgIpc) is 2.97. The lowest BCUT2D eigenvalue weighted by atomic mass is 10.1. The van der Waals surface area contributed by atoms with Crippen molar-refractivity contribution in [1.82, 2.24) is 19.7 Å². The molecule has 23 heavy (non-hydrogen) atoms. The Hall–Kier alpha value is -2.14. The van der Waals surface area contributed by atoms with Gasteiger partial charge in [0.2, 0.25) is 0 Å². The van der Waals surface area contributed by atoms with Crippen LogP contribution in [-0.4, -0.2) is 25.8 Å². The summed E-state index contributed by atoms with van der Waals surface area (Å²) < 4.78 is 2.04. The van der Waals surface area contributed by atoms with Crippen LogP contribution in [0.1, 0.15) is 25.0 Å². The Morgan fingerprint density at radius 2 is 2.26 bits per heavy atom. The zero-order valence-corrected chi connectivity index (χ0v) is 13.7. The molecule has 1 N–H and O–H groups in total. The number of halogens is 1. The highest BCUT2D eigenvalue weighted by atomic mass is 35.5. The third kappa shape index (κ3) is 2.77. The molecular formula is C17H18ClN5. The molecule has 118 valence electrons. The van der Waals surface area contributed by atoms with E-state index in [1.165, 1.54) is 0 Å². The number of anilines is 1. The molecule has 0 fully saturated rings. The van der Waals surface area contributed by atoms with E-state index < -0.39 is 0 Å². The Balaban J connectivity index is 1.59. The molecule has 1 aliphatic rings. The molecule has 4 rings (SSSR count). The van der Waals surface area contributed by atoms with Gasteiger partial charge in [0.05, 0.1) is 12.1 Å². The molecule has 1 unspecified atom stereocenters. The van der Waals surface area contributed by atoms with Crippen LogP contribution in [0.15, 0.2) is 30.5 Å². The zero-order valence-electron chi connectivity index (χ0n) is 13.0. The first-order valence-electron chi connectivity index (χ1n) is 7.96. The molecule has 1 aliphatic heterocycles. The fourth-order valence-corrected chi connectivity index (χ4v) is 3.26. The smallest absolute Gasteiger partial charge is 0.150 e. The number of aromatic nitrogens is 4. The van der Waals surface area contributed by atoms with Crippen molar-refractivity contribution in [3.05, 3.63) is 47.1 Å². The van der Waals surface area contributed by atoms with Crippen molar-refractivity contribution in [1.29, 1.82) is 0 Å². The Labute approximate surface area is 139 Å². The van der Waals surface area contributed by atoms with Crippen LogP contribution in [0.4, 0.5) is 5.69 Å². The van der Waals surface area contributed by atoms with Gasteiger partial charge in [-0.15, -0.1) is 0 Å². The minimum atomic E-state index is 0.343. The van der Waals surface area contributed by atoms with E-state index >= 15 is 0 Å². The lowest BCUT2D eigenvalue weighted by Crippen LogP contribution is -2.32. The van der Waals surface area contributed by atoms with Gasteiger partial charge in [0.25, 0.3) is 0 Å². The molecular weight excluding hydrogens is 310 g/mol. The monoisotopic (exact) mass is 327 g/mol. The summed E-state index contributed by atoms with van der Waals surface area (Å²) >= 11 is 6.06. The molecule has 1 atom stereocenters. The number of benzene rings is 1. The lowest BCUT2D eigenvalue weighted by molar-refractivity contribution is 0.440. The normalized spacial score (nSPS) is 17.2. The number of hydrogen-bond acceptors (Lipinski definition) is 4. The molecule has 1 aromatic carbocycles. The molecule has 3 heterocycles. The fraction of sp³-hybridized carbons (Fsp3) is 0.353. The quantitative estimate of drug-likeness (QED) is 0.800. The summed E-state index contributed by atoms with van der Waals surface area (Å²) in [5.74, 6) is 2.04. The highest BCUT2D eigenvalue weighted by Crippen LogP contribution is 2.26. The third-order valence-corrected chi connectivity index (χ3v) is 4.52. The summed E-state index contributed by atoms with van der Waals surface area (Å²) in [5, 5.41) is 10.0. The maximum absolute atomic E-state index is 6.06. The first kappa shape index (κ1) is 14.5. The van der Waals surface area contributed by atoms with Crippen LogP contribution < -0.4 is 5.32 Å². The van der Waals surface area contributed by atoms with Crippen molar-refractivity contribution < 1.29 is 0 Å². The first-order valence-corrected chi connectivity index (χ1v) is 8.34. The summed E-state index contributed by atoms with van der Waals surface area (Å²) in [7, 11) is 0. The maximum atomic E-state index is 6.06. The molecule has 0 radical (unpaired) electrons. The van der Waals surface area contributed by atoms with Crippen LogP contribution in [0, 0.1) is 0 Å². The van der Waals surface area contributed by atoms with Gasteiger partial charge in [0.15, 0.2) is 5.82 Å². The Kier molecular flexibility index (Phi) is 3.65. The minimum Gasteiger partial charge on any atom is -0.380 e. The van der Waals surface area contributed by atoms with Crippen molar-refractivity contribution >= 4 is 28.2 Å². The number of rotatable bonds is 3. The predicted octanol–water partition coefficient (Wildman–Crippen LogP) is 3.47. The molecule has 2 aromatic heterocycles. The van der Waals surface area contributed by atoms with Gasteiger partial charge in [-0.3, -0.25) is 4.98 Å². The standard InChI is InChI=1S/C17H18ClN5/c1-2-16-21-17-6-4-12(10-23(17)22-16)20-14-7-8-19-15-9-11(18)3-5-13(14)15/h3,5,7-9,12H,2,4,6,10H2,1H3,(H,19,20). The number of fused-ring (bicyclic) bond motifs is 2. The van der Waals surface area contributed by atoms with E-state index in [-0.39, 0.29) is 0 Å². The van der Waals surface area contributed by atoms with E-state index in [9.17, 15) is 0 Å². The molecule has 0 aliphatic carbocycles. The number of nitrogens with one attached hydrogen (secondary N) is 1. The third-order valence-electron chi connectivity index (χ3n) is 4.28. The molecule has 6 heteroatoms. The number of pyridine rings is 1. The van der Waals surface area contributed by atoms with Gasteiger partial charge >= 0.3 is 0 Å². The summed E-state index contributed by atoms with van der Waals surface area (Å²) in [6, 6.07) is 8.18. The van der Waals surface area contributed by atoms with Crippen LogP contribution in [0.2, 0.25) is 5.02 Å². The molecule has 0 saturated carbocycles. The number of nitrogens with zero attached hydrogens (tertiary/aromatic N) is 4. The minimum absolute atomic E-state index is 0.343. The average molecular weight is 328 g/mol. The second-order valence-corrected chi connectivity index (χ2v) is 6.32. The topological polar surface area (TPSA) is 55.6 Å². The van der Waals surface area contributed by atoms with Crippen molar-refractivity contribution in [2.45, 2.75) is 38.8 Å². The molecule has 0 spiro atoms. The van der Waals surface area contributed by atoms with Gasteiger partial charge in [-0.05, 0) is 30.7 Å². The van der Waals surface area contributed by atoms with Gasteiger partial charge in [0.1, 0.15) is 5.82 Å². The van der Waals surface area contributed by atoms with Crippen molar-refractivity contribution in [2.24, 2.45) is 0 Å². The second kappa shape index (κ2) is 5.81. The lowest BCUT2D eigenvalue weighted by Gasteiger charge is -2.25. The first-order chi connectivity index (χ1) is 11.2. The van der Waals surface area contributed by atoms with Crippen molar-refractivity contribution in [2.75, 3.05) is 5.32 Å². The van der Waals surface area contributed by atoms with Gasteiger partial charge in [-0.1, -0.05) is 18.5 Å². The van der Waals surface area contributed by atoms with Gasteiger partial charge in [-0.2, -0.15) is 5.10 Å². The maximum Gasteiger partial charge on any atom is 0.150 e. The number of aryl methyl sites for hydroxylation is 2. The van der Waals surface area contributed by atoms with Gasteiger partial charge < -0.3 is 5.32 Å². The van der Waals surface area contributed by atoms with Crippen LogP contribution in [0.3, 0.4) is 0 Å². The summed E-state index contributed by atoms with van der Waals surface area (Å²) in [4.78, 5) is 8.96. The van der Waals surface area contributed by atoms with E-state index in [1.807, 2.05) is 35.1 Å². The molecule has 3 aromatic rings. The highest BCUT2D eigenvalue weighted by Gasteiger charge is 2.21. The molecule has 5 nitrogen and oxygen atoms in total. The largest absolute Gasteiger partial charge is 0.380 e. The predicted molar refractivity (Wildman–Crippen MR) is 91.9 cm³/mol. The van der Waals surface area contributed by atoms with E-state index in [4.69, 9.17) is 11.6 Å². The Bertz CT molecular complexity index is 857. The van der Waals surface area contributed by atoms with Crippen LogP contribution >= 0.6 is 11.6 Å². The number of hydrogen-bond donors (Lipinski definition) is 1. The van der Waals surface area contributed by atoms with Crippen molar-refractivity contribution in [3.8, 4) is 0 Å². The summed E-state index contributed by atoms with van der Waals surface area (Å²) in [5.41, 5.74) is 2.00. The van der Waals surface area contributed by atoms with Crippen LogP contribution in [0.5, 0.6) is 0 Å². The van der Waals surface area contributed by atoms with E-state index in [1.54, 1.807) is 0 Å². The van der Waals surface area contributed by atoms with Crippen molar-refractivity contribution in [3.63, 3.8) is 0 Å². The van der Waals surface area contributed by atoms with E-state index in [0.717, 1.165) is 54.0 Å². The van der Waals surface area contributed by atoms with E-state index in [2.05, 4.69) is 27.3 Å². The van der Waals surface area contributed by atoms with Crippen LogP contribution in [0.25, 0.3) is 10.9 Å². The Morgan fingerprint density at radius 1 is 1.35 bits per heavy atom. The molecule has 0 bridgehead atoms. The highest BCUT2D eigenvalue weighted by molar-refractivity contribution is 6.31. The van der Waals surface area contributed by atoms with Crippen LogP contribution in [-0.2, 0) is 19.4 Å². The summed E-state index contributed by atoms with van der Waals surface area (Å²) in [6.45, 7) is 2.94. The van der Waals surface area contributed by atoms with Gasteiger partial charge in [0, 0.05) is 41.2 Å². The molecule has 0 saturated heterocycles. The fourth-order valence-electron chi connectivity index (χ4n) is 3.10. The zero-order chi connectivity index (χ0) is 15.8. The Morgan fingerprint density at radius 3 is 3.13 bits per heavy atom. The second-order valence-electron chi connectivity index (χ2n) is 5.88.